The van der Waals surface area contributed by atoms with Gasteiger partial charge >= 0.3 is 0 Å². The van der Waals surface area contributed by atoms with Crippen molar-refractivity contribution in [2.45, 2.75) is 38.8 Å². The van der Waals surface area contributed by atoms with Crippen molar-refractivity contribution in [1.82, 2.24) is 5.32 Å². The van der Waals surface area contributed by atoms with Crippen LogP contribution in [0.2, 0.25) is 0 Å². The van der Waals surface area contributed by atoms with Gasteiger partial charge < -0.3 is 10.4 Å². The second-order valence-corrected chi connectivity index (χ2v) is 5.89. The third kappa shape index (κ3) is 6.19. The molecule has 3 heteroatoms. The molecule has 2 aromatic carbocycles. The summed E-state index contributed by atoms with van der Waals surface area (Å²) in [6.07, 6.45) is 2.07. The largest absolute Gasteiger partial charge is 0.508 e. The van der Waals surface area contributed by atoms with Gasteiger partial charge in [0.25, 0.3) is 0 Å². The molecule has 114 valence electrons. The molecule has 0 aromatic heterocycles. The Morgan fingerprint density at radius 3 is 2.14 bits per heavy atom. The third-order valence-electron chi connectivity index (χ3n) is 3.59. The molecule has 0 atom stereocenters. The summed E-state index contributed by atoms with van der Waals surface area (Å²) in [5, 5.41) is 12.9. The molecule has 0 aliphatic heterocycles. The fourth-order valence-electron chi connectivity index (χ4n) is 2.15. The maximum absolute atomic E-state index is 9.28. The minimum atomic E-state index is 0. The molecule has 21 heavy (non-hydrogen) atoms. The first kappa shape index (κ1) is 17.5. The predicted octanol–water partition coefficient (Wildman–Crippen LogP) is 4.32. The fraction of sp³-hybridized carbons (Fsp3) is 0.333. The van der Waals surface area contributed by atoms with Crippen LogP contribution in [0.4, 0.5) is 0 Å². The van der Waals surface area contributed by atoms with Gasteiger partial charge in [-0.15, -0.1) is 12.4 Å². The highest BCUT2D eigenvalue weighted by Gasteiger charge is 2.16. The van der Waals surface area contributed by atoms with Crippen LogP contribution in [0, 0.1) is 0 Å². The van der Waals surface area contributed by atoms with Gasteiger partial charge in [-0.1, -0.05) is 42.5 Å². The van der Waals surface area contributed by atoms with Crippen molar-refractivity contribution in [3.8, 4) is 5.75 Å². The number of halogens is 1. The molecule has 0 unspecified atom stereocenters. The number of aryl methyl sites for hydroxylation is 1. The molecule has 0 bridgehead atoms. The Labute approximate surface area is 133 Å². The van der Waals surface area contributed by atoms with E-state index >= 15 is 0 Å². The van der Waals surface area contributed by atoms with Crippen LogP contribution in [0.3, 0.4) is 0 Å². The zero-order valence-corrected chi connectivity index (χ0v) is 13.5. The predicted molar refractivity (Wildman–Crippen MR) is 91.0 cm³/mol. The van der Waals surface area contributed by atoms with Gasteiger partial charge in [-0.05, 0) is 49.9 Å². The molecule has 0 spiro atoms. The van der Waals surface area contributed by atoms with Crippen LogP contribution >= 0.6 is 12.4 Å². The number of benzene rings is 2. The molecule has 2 nitrogen and oxygen atoms in total. The van der Waals surface area contributed by atoms with Crippen molar-refractivity contribution in [1.29, 1.82) is 0 Å². The normalized spacial score (nSPS) is 11.0. The van der Waals surface area contributed by atoms with Crippen LogP contribution in [0.1, 0.15) is 31.4 Å². The lowest BCUT2D eigenvalue weighted by Gasteiger charge is -2.26. The molecule has 0 saturated heterocycles. The summed E-state index contributed by atoms with van der Waals surface area (Å²) in [4.78, 5) is 0. The Morgan fingerprint density at radius 1 is 0.905 bits per heavy atom. The first-order valence-corrected chi connectivity index (χ1v) is 7.12. The van der Waals surface area contributed by atoms with Gasteiger partial charge in [0.2, 0.25) is 0 Å². The molecular formula is C18H24ClNO. The van der Waals surface area contributed by atoms with E-state index in [0.29, 0.717) is 5.75 Å². The standard InChI is InChI=1S/C18H23NO.ClH/c1-18(2,19-14-16-6-4-3-5-7-16)13-12-15-8-10-17(20)11-9-15;/h3-11,19-20H,12-14H2,1-2H3;1H. The number of phenols is 1. The first-order chi connectivity index (χ1) is 9.55. The van der Waals surface area contributed by atoms with E-state index in [1.807, 2.05) is 18.2 Å². The fourth-order valence-corrected chi connectivity index (χ4v) is 2.15. The summed E-state index contributed by atoms with van der Waals surface area (Å²) >= 11 is 0. The van der Waals surface area contributed by atoms with Crippen LogP contribution in [-0.4, -0.2) is 10.6 Å². The number of hydrogen-bond donors (Lipinski definition) is 2. The Kier molecular flexibility index (Phi) is 6.73. The lowest BCUT2D eigenvalue weighted by atomic mass is 9.95. The highest BCUT2D eigenvalue weighted by Crippen LogP contribution is 2.16. The van der Waals surface area contributed by atoms with E-state index in [0.717, 1.165) is 19.4 Å². The minimum absolute atomic E-state index is 0. The van der Waals surface area contributed by atoms with E-state index < -0.39 is 0 Å². The summed E-state index contributed by atoms with van der Waals surface area (Å²) < 4.78 is 0. The summed E-state index contributed by atoms with van der Waals surface area (Å²) in [5.41, 5.74) is 2.66. The molecule has 0 amide bonds. The second-order valence-electron chi connectivity index (χ2n) is 5.89. The van der Waals surface area contributed by atoms with Gasteiger partial charge in [0.15, 0.2) is 0 Å². The molecule has 0 aliphatic rings. The second kappa shape index (κ2) is 8.06. The van der Waals surface area contributed by atoms with E-state index in [-0.39, 0.29) is 17.9 Å². The van der Waals surface area contributed by atoms with E-state index in [1.165, 1.54) is 11.1 Å². The first-order valence-electron chi connectivity index (χ1n) is 7.12. The summed E-state index contributed by atoms with van der Waals surface area (Å²) in [6.45, 7) is 5.36. The molecule has 0 fully saturated rings. The molecule has 0 aliphatic carbocycles. The molecule has 2 rings (SSSR count). The van der Waals surface area contributed by atoms with Crippen molar-refractivity contribution in [3.05, 3.63) is 65.7 Å². The van der Waals surface area contributed by atoms with Gasteiger partial charge in [-0.25, -0.2) is 0 Å². The van der Waals surface area contributed by atoms with Gasteiger partial charge in [-0.2, -0.15) is 0 Å². The maximum atomic E-state index is 9.28. The Balaban J connectivity index is 0.00000220. The zero-order valence-electron chi connectivity index (χ0n) is 12.7. The summed E-state index contributed by atoms with van der Waals surface area (Å²) in [5.74, 6) is 0.329. The molecule has 0 saturated carbocycles. The lowest BCUT2D eigenvalue weighted by Crippen LogP contribution is -2.39. The summed E-state index contributed by atoms with van der Waals surface area (Å²) in [7, 11) is 0. The van der Waals surface area contributed by atoms with Gasteiger partial charge in [0, 0.05) is 12.1 Å². The monoisotopic (exact) mass is 305 g/mol. The van der Waals surface area contributed by atoms with Crippen molar-refractivity contribution in [2.24, 2.45) is 0 Å². The lowest BCUT2D eigenvalue weighted by molar-refractivity contribution is 0.360. The number of phenolic OH excluding ortho intramolecular Hbond substituents is 1. The molecule has 2 aromatic rings. The summed E-state index contributed by atoms with van der Waals surface area (Å²) in [6, 6.07) is 17.9. The zero-order chi connectivity index (χ0) is 14.4. The topological polar surface area (TPSA) is 32.3 Å². The Morgan fingerprint density at radius 2 is 1.52 bits per heavy atom. The number of hydrogen-bond acceptors (Lipinski definition) is 2. The van der Waals surface area contributed by atoms with Crippen molar-refractivity contribution < 1.29 is 5.11 Å². The van der Waals surface area contributed by atoms with Crippen molar-refractivity contribution >= 4 is 12.4 Å². The van der Waals surface area contributed by atoms with Crippen LogP contribution < -0.4 is 5.32 Å². The van der Waals surface area contributed by atoms with E-state index in [1.54, 1.807) is 12.1 Å². The average molecular weight is 306 g/mol. The van der Waals surface area contributed by atoms with E-state index in [4.69, 9.17) is 0 Å². The minimum Gasteiger partial charge on any atom is -0.508 e. The highest BCUT2D eigenvalue weighted by atomic mass is 35.5. The van der Waals surface area contributed by atoms with Crippen LogP contribution in [0.15, 0.2) is 54.6 Å². The van der Waals surface area contributed by atoms with Gasteiger partial charge in [0.05, 0.1) is 0 Å². The number of aromatic hydroxyl groups is 1. The van der Waals surface area contributed by atoms with Crippen LogP contribution in [-0.2, 0) is 13.0 Å². The van der Waals surface area contributed by atoms with E-state index in [9.17, 15) is 5.11 Å². The molecule has 2 N–H and O–H groups in total. The van der Waals surface area contributed by atoms with Crippen molar-refractivity contribution in [3.63, 3.8) is 0 Å². The molecular weight excluding hydrogens is 282 g/mol. The van der Waals surface area contributed by atoms with Gasteiger partial charge in [0.1, 0.15) is 5.75 Å². The molecule has 0 radical (unpaired) electrons. The van der Waals surface area contributed by atoms with Crippen LogP contribution in [0.25, 0.3) is 0 Å². The number of rotatable bonds is 6. The van der Waals surface area contributed by atoms with Crippen molar-refractivity contribution in [2.75, 3.05) is 0 Å². The molecule has 0 heterocycles. The average Bonchev–Trinajstić information content (AvgIpc) is 2.46. The van der Waals surface area contributed by atoms with E-state index in [2.05, 4.69) is 43.4 Å². The Hall–Kier alpha value is -1.51. The highest BCUT2D eigenvalue weighted by molar-refractivity contribution is 5.85. The smallest absolute Gasteiger partial charge is 0.115 e. The SMILES string of the molecule is CC(C)(CCc1ccc(O)cc1)NCc1ccccc1.Cl. The third-order valence-corrected chi connectivity index (χ3v) is 3.59. The van der Waals surface area contributed by atoms with Gasteiger partial charge in [-0.3, -0.25) is 0 Å². The van der Waals surface area contributed by atoms with Crippen LogP contribution in [0.5, 0.6) is 5.75 Å². The Bertz CT molecular complexity index is 523. The number of nitrogens with one attached hydrogen (secondary N) is 1. The quantitative estimate of drug-likeness (QED) is 0.833. The maximum Gasteiger partial charge on any atom is 0.115 e.